The standard InChI is InChI=1S/C19H19NO2/c1-20-13-15(18-6-4-5-7-19(18)20)9-8-14-10-16(21-2)12-17(11-14)22-3/h4-13H,1-3H3/b9-8+. The van der Waals surface area contributed by atoms with Crippen molar-refractivity contribution in [2.75, 3.05) is 14.2 Å². The molecule has 0 spiro atoms. The van der Waals surface area contributed by atoms with Gasteiger partial charge in [0.25, 0.3) is 0 Å². The molecule has 0 N–H and O–H groups in total. The lowest BCUT2D eigenvalue weighted by Crippen LogP contribution is -1.88. The molecule has 0 fully saturated rings. The summed E-state index contributed by atoms with van der Waals surface area (Å²) in [5.41, 5.74) is 3.47. The van der Waals surface area contributed by atoms with Crippen molar-refractivity contribution in [1.29, 1.82) is 0 Å². The van der Waals surface area contributed by atoms with Crippen molar-refractivity contribution in [2.24, 2.45) is 7.05 Å². The summed E-state index contributed by atoms with van der Waals surface area (Å²) in [6.07, 6.45) is 6.34. The van der Waals surface area contributed by atoms with Crippen LogP contribution >= 0.6 is 0 Å². The molecule has 22 heavy (non-hydrogen) atoms. The molecule has 0 radical (unpaired) electrons. The van der Waals surface area contributed by atoms with Gasteiger partial charge in [0.1, 0.15) is 11.5 Å². The van der Waals surface area contributed by atoms with E-state index in [1.54, 1.807) is 14.2 Å². The maximum absolute atomic E-state index is 5.31. The Hall–Kier alpha value is -2.68. The minimum absolute atomic E-state index is 0.789. The summed E-state index contributed by atoms with van der Waals surface area (Å²) in [6, 6.07) is 14.2. The molecule has 1 heterocycles. The molecule has 3 aromatic rings. The van der Waals surface area contributed by atoms with Gasteiger partial charge in [-0.1, -0.05) is 30.4 Å². The highest BCUT2D eigenvalue weighted by atomic mass is 16.5. The fraction of sp³-hybridized carbons (Fsp3) is 0.158. The van der Waals surface area contributed by atoms with Gasteiger partial charge in [-0.2, -0.15) is 0 Å². The van der Waals surface area contributed by atoms with Crippen LogP contribution in [0.3, 0.4) is 0 Å². The van der Waals surface area contributed by atoms with Gasteiger partial charge in [0, 0.05) is 30.2 Å². The highest BCUT2D eigenvalue weighted by Crippen LogP contribution is 2.26. The fourth-order valence-corrected chi connectivity index (χ4v) is 2.62. The van der Waals surface area contributed by atoms with E-state index >= 15 is 0 Å². The van der Waals surface area contributed by atoms with Crippen LogP contribution in [0.2, 0.25) is 0 Å². The van der Waals surface area contributed by atoms with Crippen molar-refractivity contribution in [2.45, 2.75) is 0 Å². The molecule has 0 saturated heterocycles. The monoisotopic (exact) mass is 293 g/mol. The zero-order valence-corrected chi connectivity index (χ0v) is 13.0. The van der Waals surface area contributed by atoms with Crippen LogP contribution in [-0.4, -0.2) is 18.8 Å². The lowest BCUT2D eigenvalue weighted by molar-refractivity contribution is 0.394. The van der Waals surface area contributed by atoms with Crippen LogP contribution in [-0.2, 0) is 7.05 Å². The van der Waals surface area contributed by atoms with Crippen molar-refractivity contribution in [3.8, 4) is 11.5 Å². The van der Waals surface area contributed by atoms with Gasteiger partial charge in [0.15, 0.2) is 0 Å². The topological polar surface area (TPSA) is 23.4 Å². The highest BCUT2D eigenvalue weighted by molar-refractivity contribution is 5.92. The van der Waals surface area contributed by atoms with E-state index in [0.717, 1.165) is 17.1 Å². The van der Waals surface area contributed by atoms with Crippen molar-refractivity contribution in [3.05, 3.63) is 59.8 Å². The third-order valence-electron chi connectivity index (χ3n) is 3.76. The zero-order valence-electron chi connectivity index (χ0n) is 13.0. The lowest BCUT2D eigenvalue weighted by Gasteiger charge is -2.05. The molecule has 112 valence electrons. The Morgan fingerprint density at radius 2 is 1.59 bits per heavy atom. The summed E-state index contributed by atoms with van der Waals surface area (Å²) >= 11 is 0. The lowest BCUT2D eigenvalue weighted by atomic mass is 10.1. The third-order valence-corrected chi connectivity index (χ3v) is 3.76. The summed E-state index contributed by atoms with van der Waals surface area (Å²) in [4.78, 5) is 0. The first-order valence-corrected chi connectivity index (χ1v) is 7.16. The van der Waals surface area contributed by atoms with Gasteiger partial charge in [-0.3, -0.25) is 0 Å². The number of aryl methyl sites for hydroxylation is 1. The summed E-state index contributed by atoms with van der Waals surface area (Å²) in [5.74, 6) is 1.58. The number of methoxy groups -OCH3 is 2. The molecule has 0 atom stereocenters. The molecule has 0 unspecified atom stereocenters. The number of aromatic nitrogens is 1. The molecule has 0 saturated carbocycles. The molecule has 0 aliphatic carbocycles. The van der Waals surface area contributed by atoms with Crippen molar-refractivity contribution in [3.63, 3.8) is 0 Å². The molecular weight excluding hydrogens is 274 g/mol. The van der Waals surface area contributed by atoms with Crippen LogP contribution < -0.4 is 9.47 Å². The maximum Gasteiger partial charge on any atom is 0.123 e. The molecule has 3 heteroatoms. The number of hydrogen-bond acceptors (Lipinski definition) is 2. The van der Waals surface area contributed by atoms with E-state index in [1.807, 2.05) is 18.2 Å². The number of fused-ring (bicyclic) bond motifs is 1. The van der Waals surface area contributed by atoms with Gasteiger partial charge in [-0.15, -0.1) is 0 Å². The Morgan fingerprint density at radius 3 is 2.27 bits per heavy atom. The summed E-state index contributed by atoms with van der Waals surface area (Å²) in [6.45, 7) is 0. The SMILES string of the molecule is COc1cc(/C=C/c2cn(C)c3ccccc23)cc(OC)c1. The van der Waals surface area contributed by atoms with Gasteiger partial charge in [0.05, 0.1) is 14.2 Å². The van der Waals surface area contributed by atoms with Crippen molar-refractivity contribution < 1.29 is 9.47 Å². The van der Waals surface area contributed by atoms with E-state index < -0.39 is 0 Å². The smallest absolute Gasteiger partial charge is 0.123 e. The summed E-state index contributed by atoms with van der Waals surface area (Å²) < 4.78 is 12.8. The number of hydrogen-bond donors (Lipinski definition) is 0. The first kappa shape index (κ1) is 14.3. The normalized spacial score (nSPS) is 11.2. The Morgan fingerprint density at radius 1 is 0.909 bits per heavy atom. The predicted molar refractivity (Wildman–Crippen MR) is 91.4 cm³/mol. The molecule has 0 bridgehead atoms. The van der Waals surface area contributed by atoms with E-state index in [1.165, 1.54) is 16.5 Å². The first-order chi connectivity index (χ1) is 10.7. The van der Waals surface area contributed by atoms with Crippen LogP contribution in [0.1, 0.15) is 11.1 Å². The maximum atomic E-state index is 5.31. The average Bonchev–Trinajstić information content (AvgIpc) is 2.89. The van der Waals surface area contributed by atoms with Crippen molar-refractivity contribution in [1.82, 2.24) is 4.57 Å². The van der Waals surface area contributed by atoms with Crippen LogP contribution in [0.25, 0.3) is 23.1 Å². The van der Waals surface area contributed by atoms with Gasteiger partial charge >= 0.3 is 0 Å². The van der Waals surface area contributed by atoms with Crippen LogP contribution in [0, 0.1) is 0 Å². The Labute approximate surface area is 130 Å². The van der Waals surface area contributed by atoms with E-state index in [-0.39, 0.29) is 0 Å². The quantitative estimate of drug-likeness (QED) is 0.713. The second kappa shape index (κ2) is 5.98. The van der Waals surface area contributed by atoms with Crippen LogP contribution in [0.5, 0.6) is 11.5 Å². The Balaban J connectivity index is 1.99. The molecule has 0 aliphatic rings. The highest BCUT2D eigenvalue weighted by Gasteiger charge is 2.03. The Bertz CT molecular complexity index is 808. The van der Waals surface area contributed by atoms with E-state index in [2.05, 4.69) is 54.2 Å². The number of ether oxygens (including phenoxy) is 2. The van der Waals surface area contributed by atoms with E-state index in [9.17, 15) is 0 Å². The molecular formula is C19H19NO2. The largest absolute Gasteiger partial charge is 0.497 e. The number of nitrogens with zero attached hydrogens (tertiary/aromatic N) is 1. The van der Waals surface area contributed by atoms with Crippen molar-refractivity contribution >= 4 is 23.1 Å². The van der Waals surface area contributed by atoms with Crippen LogP contribution in [0.15, 0.2) is 48.7 Å². The number of benzene rings is 2. The number of para-hydroxylation sites is 1. The summed E-state index contributed by atoms with van der Waals surface area (Å²) in [5, 5.41) is 1.25. The third kappa shape index (κ3) is 2.70. The molecule has 3 rings (SSSR count). The minimum atomic E-state index is 0.789. The first-order valence-electron chi connectivity index (χ1n) is 7.16. The fourth-order valence-electron chi connectivity index (χ4n) is 2.62. The predicted octanol–water partition coefficient (Wildman–Crippen LogP) is 4.37. The second-order valence-electron chi connectivity index (χ2n) is 5.19. The molecule has 0 amide bonds. The van der Waals surface area contributed by atoms with E-state index in [0.29, 0.717) is 0 Å². The minimum Gasteiger partial charge on any atom is -0.497 e. The average molecular weight is 293 g/mol. The molecule has 3 nitrogen and oxygen atoms in total. The second-order valence-corrected chi connectivity index (χ2v) is 5.19. The molecule has 2 aromatic carbocycles. The molecule has 1 aromatic heterocycles. The van der Waals surface area contributed by atoms with Gasteiger partial charge < -0.3 is 14.0 Å². The number of rotatable bonds is 4. The molecule has 0 aliphatic heterocycles. The summed E-state index contributed by atoms with van der Waals surface area (Å²) in [7, 11) is 5.38. The van der Waals surface area contributed by atoms with Gasteiger partial charge in [-0.25, -0.2) is 0 Å². The van der Waals surface area contributed by atoms with Gasteiger partial charge in [-0.05, 0) is 29.3 Å². The Kier molecular flexibility index (Phi) is 3.88. The van der Waals surface area contributed by atoms with E-state index in [4.69, 9.17) is 9.47 Å². The van der Waals surface area contributed by atoms with Gasteiger partial charge in [0.2, 0.25) is 0 Å². The zero-order chi connectivity index (χ0) is 15.5. The van der Waals surface area contributed by atoms with Crippen LogP contribution in [0.4, 0.5) is 0 Å².